The topological polar surface area (TPSA) is 80.0 Å². The molecule has 0 amide bonds. The van der Waals surface area contributed by atoms with E-state index < -0.39 is 0 Å². The molecule has 0 spiro atoms. The summed E-state index contributed by atoms with van der Waals surface area (Å²) in [5.41, 5.74) is 0. The van der Waals surface area contributed by atoms with Crippen LogP contribution in [0.5, 0.6) is 0 Å². The van der Waals surface area contributed by atoms with Crippen LogP contribution in [0.3, 0.4) is 0 Å². The minimum Gasteiger partial charge on any atom is -0.357 e. The van der Waals surface area contributed by atoms with Crippen molar-refractivity contribution in [2.24, 2.45) is 4.99 Å². The van der Waals surface area contributed by atoms with Gasteiger partial charge in [-0.15, -0.1) is 45.5 Å². The SMILES string of the molecule is CCNC(=NCc1nnc2n1CCCC2)NCc1ncc(CC)s1.I. The van der Waals surface area contributed by atoms with Gasteiger partial charge in [0.1, 0.15) is 17.4 Å². The van der Waals surface area contributed by atoms with Crippen LogP contribution in [0.15, 0.2) is 11.2 Å². The van der Waals surface area contributed by atoms with Gasteiger partial charge in [0, 0.05) is 30.6 Å². The van der Waals surface area contributed by atoms with E-state index in [1.807, 2.05) is 6.20 Å². The van der Waals surface area contributed by atoms with E-state index in [0.717, 1.165) is 48.5 Å². The highest BCUT2D eigenvalue weighted by molar-refractivity contribution is 14.0. The van der Waals surface area contributed by atoms with E-state index in [4.69, 9.17) is 0 Å². The summed E-state index contributed by atoms with van der Waals surface area (Å²) in [5, 5.41) is 16.3. The van der Waals surface area contributed by atoms with Gasteiger partial charge in [0.25, 0.3) is 0 Å². The van der Waals surface area contributed by atoms with Gasteiger partial charge in [-0.2, -0.15) is 0 Å². The zero-order chi connectivity index (χ0) is 16.8. The van der Waals surface area contributed by atoms with Crippen molar-refractivity contribution in [2.75, 3.05) is 6.54 Å². The molecule has 0 unspecified atom stereocenters. The number of hydrogen-bond donors (Lipinski definition) is 2. The minimum atomic E-state index is 0. The standard InChI is InChI=1S/C16H25N7S.HI/c1-3-12-9-18-15(24-12)11-20-16(17-4-2)19-10-14-22-21-13-7-5-6-8-23(13)14;/h9H,3-8,10-11H2,1-2H3,(H2,17,19,20);1H. The van der Waals surface area contributed by atoms with Gasteiger partial charge < -0.3 is 15.2 Å². The van der Waals surface area contributed by atoms with Gasteiger partial charge in [-0.05, 0) is 26.2 Å². The number of aliphatic imine (C=N–C) groups is 1. The third-order valence-electron chi connectivity index (χ3n) is 4.02. The highest BCUT2D eigenvalue weighted by atomic mass is 127. The second-order valence-corrected chi connectivity index (χ2v) is 6.96. The predicted molar refractivity (Wildman–Crippen MR) is 112 cm³/mol. The fourth-order valence-electron chi connectivity index (χ4n) is 2.73. The summed E-state index contributed by atoms with van der Waals surface area (Å²) in [5.74, 6) is 2.84. The maximum atomic E-state index is 4.65. The second kappa shape index (κ2) is 10.0. The van der Waals surface area contributed by atoms with Crippen LogP contribution in [-0.2, 0) is 32.5 Å². The fraction of sp³-hybridized carbons (Fsp3) is 0.625. The van der Waals surface area contributed by atoms with E-state index in [1.54, 1.807) is 11.3 Å². The van der Waals surface area contributed by atoms with E-state index in [2.05, 4.69) is 49.2 Å². The third kappa shape index (κ3) is 5.37. The number of hydrogen-bond acceptors (Lipinski definition) is 5. The first-order valence-corrected chi connectivity index (χ1v) is 9.48. The van der Waals surface area contributed by atoms with Crippen molar-refractivity contribution < 1.29 is 0 Å². The number of halogens is 1. The van der Waals surface area contributed by atoms with E-state index >= 15 is 0 Å². The number of rotatable bonds is 6. The van der Waals surface area contributed by atoms with E-state index in [1.165, 1.54) is 17.7 Å². The number of aromatic nitrogens is 4. The quantitative estimate of drug-likeness (QED) is 0.382. The Morgan fingerprint density at radius 1 is 1.28 bits per heavy atom. The molecule has 25 heavy (non-hydrogen) atoms. The molecule has 2 aromatic heterocycles. The summed E-state index contributed by atoms with van der Waals surface area (Å²) < 4.78 is 2.21. The Balaban J connectivity index is 0.00000225. The summed E-state index contributed by atoms with van der Waals surface area (Å²) in [6.45, 7) is 7.27. The molecule has 0 aromatic carbocycles. The summed E-state index contributed by atoms with van der Waals surface area (Å²) in [7, 11) is 0. The van der Waals surface area contributed by atoms with Gasteiger partial charge in [-0.1, -0.05) is 6.92 Å². The molecule has 0 aliphatic carbocycles. The maximum Gasteiger partial charge on any atom is 0.192 e. The molecule has 1 aliphatic rings. The lowest BCUT2D eigenvalue weighted by Crippen LogP contribution is -2.36. The van der Waals surface area contributed by atoms with Crippen LogP contribution in [0.2, 0.25) is 0 Å². The van der Waals surface area contributed by atoms with Gasteiger partial charge in [0.15, 0.2) is 11.8 Å². The van der Waals surface area contributed by atoms with Gasteiger partial charge in [0.2, 0.25) is 0 Å². The number of thiazole rings is 1. The molecule has 0 radical (unpaired) electrons. The van der Waals surface area contributed by atoms with Crippen molar-refractivity contribution in [1.82, 2.24) is 30.4 Å². The van der Waals surface area contributed by atoms with Crippen LogP contribution in [0.4, 0.5) is 0 Å². The first-order valence-electron chi connectivity index (χ1n) is 8.66. The first kappa shape index (κ1) is 20.1. The highest BCUT2D eigenvalue weighted by Crippen LogP contribution is 2.15. The average molecular weight is 475 g/mol. The largest absolute Gasteiger partial charge is 0.357 e. The normalized spacial score (nSPS) is 13.9. The van der Waals surface area contributed by atoms with Crippen LogP contribution in [0.1, 0.15) is 48.2 Å². The van der Waals surface area contributed by atoms with E-state index in [-0.39, 0.29) is 24.0 Å². The van der Waals surface area contributed by atoms with Crippen LogP contribution in [-0.4, -0.2) is 32.3 Å². The molecule has 0 atom stereocenters. The van der Waals surface area contributed by atoms with Crippen molar-refractivity contribution in [3.63, 3.8) is 0 Å². The molecule has 1 aliphatic heterocycles. The van der Waals surface area contributed by atoms with Gasteiger partial charge in [-0.25, -0.2) is 9.98 Å². The lowest BCUT2D eigenvalue weighted by atomic mass is 10.2. The summed E-state index contributed by atoms with van der Waals surface area (Å²) in [4.78, 5) is 10.4. The van der Waals surface area contributed by atoms with Crippen molar-refractivity contribution in [1.29, 1.82) is 0 Å². The first-order chi connectivity index (χ1) is 11.8. The van der Waals surface area contributed by atoms with E-state index in [9.17, 15) is 0 Å². The van der Waals surface area contributed by atoms with Crippen molar-refractivity contribution in [3.05, 3.63) is 27.7 Å². The molecule has 0 saturated carbocycles. The Morgan fingerprint density at radius 2 is 2.16 bits per heavy atom. The molecular formula is C16H26IN7S. The molecule has 3 heterocycles. The minimum absolute atomic E-state index is 0. The van der Waals surface area contributed by atoms with Crippen LogP contribution in [0, 0.1) is 0 Å². The third-order valence-corrected chi connectivity index (χ3v) is 5.16. The smallest absolute Gasteiger partial charge is 0.192 e. The Hall–Kier alpha value is -1.23. The molecular weight excluding hydrogens is 449 g/mol. The lowest BCUT2D eigenvalue weighted by molar-refractivity contribution is 0.508. The summed E-state index contributed by atoms with van der Waals surface area (Å²) in [6, 6.07) is 0. The zero-order valence-corrected chi connectivity index (χ0v) is 17.9. The average Bonchev–Trinajstić information content (AvgIpc) is 3.24. The van der Waals surface area contributed by atoms with Gasteiger partial charge >= 0.3 is 0 Å². The molecule has 2 N–H and O–H groups in total. The van der Waals surface area contributed by atoms with Crippen molar-refractivity contribution in [2.45, 2.75) is 59.2 Å². The van der Waals surface area contributed by atoms with Gasteiger partial charge in [-0.3, -0.25) is 0 Å². The fourth-order valence-corrected chi connectivity index (χ4v) is 3.53. The van der Waals surface area contributed by atoms with E-state index in [0.29, 0.717) is 13.1 Å². The monoisotopic (exact) mass is 475 g/mol. The second-order valence-electron chi connectivity index (χ2n) is 5.76. The summed E-state index contributed by atoms with van der Waals surface area (Å²) in [6.07, 6.45) is 6.42. The molecule has 3 rings (SSSR count). The highest BCUT2D eigenvalue weighted by Gasteiger charge is 2.15. The Kier molecular flexibility index (Phi) is 8.07. The number of guanidine groups is 1. The maximum absolute atomic E-state index is 4.65. The zero-order valence-electron chi connectivity index (χ0n) is 14.8. The lowest BCUT2D eigenvalue weighted by Gasteiger charge is -2.14. The molecule has 7 nitrogen and oxygen atoms in total. The Bertz CT molecular complexity index is 694. The van der Waals surface area contributed by atoms with Crippen molar-refractivity contribution in [3.8, 4) is 0 Å². The molecule has 0 saturated heterocycles. The Morgan fingerprint density at radius 3 is 2.92 bits per heavy atom. The molecule has 9 heteroatoms. The number of nitrogens with zero attached hydrogens (tertiary/aromatic N) is 5. The van der Waals surface area contributed by atoms with Crippen LogP contribution in [0.25, 0.3) is 0 Å². The summed E-state index contributed by atoms with van der Waals surface area (Å²) >= 11 is 1.74. The molecule has 0 fully saturated rings. The Labute approximate surface area is 169 Å². The van der Waals surface area contributed by atoms with Crippen molar-refractivity contribution >= 4 is 41.3 Å². The number of aryl methyl sites for hydroxylation is 2. The van der Waals surface area contributed by atoms with Crippen LogP contribution >= 0.6 is 35.3 Å². The predicted octanol–water partition coefficient (Wildman–Crippen LogP) is 2.51. The van der Waals surface area contributed by atoms with Crippen LogP contribution < -0.4 is 10.6 Å². The molecule has 138 valence electrons. The number of fused-ring (bicyclic) bond motifs is 1. The van der Waals surface area contributed by atoms with Gasteiger partial charge in [0.05, 0.1) is 6.54 Å². The number of nitrogens with one attached hydrogen (secondary N) is 2. The molecule has 2 aromatic rings. The molecule has 0 bridgehead atoms.